The minimum atomic E-state index is -0.401. The Morgan fingerprint density at radius 3 is 2.94 bits per heavy atom. The maximum atomic E-state index is 11.3. The normalized spacial score (nSPS) is 9.94. The van der Waals surface area contributed by atoms with Crippen molar-refractivity contribution in [3.63, 3.8) is 0 Å². The first-order valence-corrected chi connectivity index (χ1v) is 5.29. The molecule has 16 heavy (non-hydrogen) atoms. The van der Waals surface area contributed by atoms with E-state index in [0.717, 1.165) is 0 Å². The van der Waals surface area contributed by atoms with E-state index in [1.807, 2.05) is 0 Å². The minimum absolute atomic E-state index is 0.112. The topological polar surface area (TPSA) is 58.6 Å². The lowest BCUT2D eigenvalue weighted by Crippen LogP contribution is -2.06. The molecule has 0 spiro atoms. The van der Waals surface area contributed by atoms with E-state index >= 15 is 0 Å². The standard InChI is InChI=1S/C11H14ClNO3/c1-16-11(15)8-3-4-9(12)10(7-8)13-5-2-6-14/h3-4,7,13-14H,2,5-6H2,1H3. The third-order valence-electron chi connectivity index (χ3n) is 2.04. The molecule has 88 valence electrons. The summed E-state index contributed by atoms with van der Waals surface area (Å²) in [6.07, 6.45) is 0.624. The number of nitrogens with one attached hydrogen (secondary N) is 1. The molecule has 0 bridgehead atoms. The van der Waals surface area contributed by atoms with Gasteiger partial charge in [-0.25, -0.2) is 4.79 Å². The first-order chi connectivity index (χ1) is 7.69. The van der Waals surface area contributed by atoms with Gasteiger partial charge in [0.1, 0.15) is 0 Å². The van der Waals surface area contributed by atoms with Crippen molar-refractivity contribution in [2.75, 3.05) is 25.6 Å². The summed E-state index contributed by atoms with van der Waals surface area (Å²) in [5, 5.41) is 12.2. The molecule has 1 rings (SSSR count). The van der Waals surface area contributed by atoms with E-state index < -0.39 is 5.97 Å². The van der Waals surface area contributed by atoms with Gasteiger partial charge in [-0.2, -0.15) is 0 Å². The molecule has 0 radical (unpaired) electrons. The van der Waals surface area contributed by atoms with Crippen molar-refractivity contribution in [3.05, 3.63) is 28.8 Å². The monoisotopic (exact) mass is 243 g/mol. The van der Waals surface area contributed by atoms with Crippen molar-refractivity contribution < 1.29 is 14.6 Å². The second-order valence-corrected chi connectivity index (χ2v) is 3.60. The highest BCUT2D eigenvalue weighted by Gasteiger charge is 2.08. The van der Waals surface area contributed by atoms with Crippen LogP contribution in [0.2, 0.25) is 5.02 Å². The van der Waals surface area contributed by atoms with Crippen LogP contribution in [0, 0.1) is 0 Å². The first kappa shape index (κ1) is 12.8. The van der Waals surface area contributed by atoms with Gasteiger partial charge in [0.15, 0.2) is 0 Å². The molecule has 0 aliphatic heterocycles. The zero-order valence-electron chi connectivity index (χ0n) is 9.00. The van der Waals surface area contributed by atoms with Crippen LogP contribution in [0.15, 0.2) is 18.2 Å². The van der Waals surface area contributed by atoms with Crippen molar-refractivity contribution in [3.8, 4) is 0 Å². The molecule has 4 nitrogen and oxygen atoms in total. The van der Waals surface area contributed by atoms with Gasteiger partial charge in [0.25, 0.3) is 0 Å². The Hall–Kier alpha value is -1.26. The molecule has 0 aliphatic carbocycles. The van der Waals surface area contributed by atoms with Gasteiger partial charge >= 0.3 is 5.97 Å². The second kappa shape index (κ2) is 6.35. The Kier molecular flexibility index (Phi) is 5.08. The lowest BCUT2D eigenvalue weighted by molar-refractivity contribution is 0.0601. The Morgan fingerprint density at radius 2 is 2.31 bits per heavy atom. The molecule has 2 N–H and O–H groups in total. The van der Waals surface area contributed by atoms with Gasteiger partial charge in [-0.15, -0.1) is 0 Å². The number of rotatable bonds is 5. The number of esters is 1. The first-order valence-electron chi connectivity index (χ1n) is 4.91. The van der Waals surface area contributed by atoms with Crippen LogP contribution in [0.5, 0.6) is 0 Å². The lowest BCUT2D eigenvalue weighted by Gasteiger charge is -2.09. The Bertz CT molecular complexity index is 368. The third kappa shape index (κ3) is 3.40. The fourth-order valence-electron chi connectivity index (χ4n) is 1.21. The number of methoxy groups -OCH3 is 1. The summed E-state index contributed by atoms with van der Waals surface area (Å²) < 4.78 is 4.61. The van der Waals surface area contributed by atoms with Gasteiger partial charge in [0.2, 0.25) is 0 Å². The number of carbonyl (C=O) groups is 1. The summed E-state index contributed by atoms with van der Waals surface area (Å²) in [7, 11) is 1.33. The van der Waals surface area contributed by atoms with Crippen molar-refractivity contribution in [1.29, 1.82) is 0 Å². The zero-order valence-corrected chi connectivity index (χ0v) is 9.75. The van der Waals surface area contributed by atoms with Gasteiger partial charge in [0.05, 0.1) is 23.4 Å². The number of hydrogen-bond acceptors (Lipinski definition) is 4. The number of aliphatic hydroxyl groups is 1. The third-order valence-corrected chi connectivity index (χ3v) is 2.37. The SMILES string of the molecule is COC(=O)c1ccc(Cl)c(NCCCO)c1. The Morgan fingerprint density at radius 1 is 1.56 bits per heavy atom. The summed E-state index contributed by atoms with van der Waals surface area (Å²) in [6.45, 7) is 0.710. The molecule has 0 atom stereocenters. The van der Waals surface area contributed by atoms with E-state index in [2.05, 4.69) is 10.1 Å². The number of carbonyl (C=O) groups excluding carboxylic acids is 1. The van der Waals surface area contributed by atoms with Crippen LogP contribution in [-0.2, 0) is 4.74 Å². The van der Waals surface area contributed by atoms with Gasteiger partial charge in [-0.3, -0.25) is 0 Å². The molecule has 0 amide bonds. The van der Waals surface area contributed by atoms with Crippen molar-refractivity contribution in [2.45, 2.75) is 6.42 Å². The van der Waals surface area contributed by atoms with E-state index in [1.54, 1.807) is 18.2 Å². The van der Waals surface area contributed by atoms with E-state index in [4.69, 9.17) is 16.7 Å². The number of anilines is 1. The Labute approximate surface area is 99.2 Å². The van der Waals surface area contributed by atoms with Crippen LogP contribution >= 0.6 is 11.6 Å². The van der Waals surface area contributed by atoms with Gasteiger partial charge < -0.3 is 15.2 Å². The number of halogens is 1. The molecule has 1 aromatic carbocycles. The fourth-order valence-corrected chi connectivity index (χ4v) is 1.39. The van der Waals surface area contributed by atoms with Gasteiger partial charge in [-0.05, 0) is 24.6 Å². The van der Waals surface area contributed by atoms with Crippen LogP contribution in [0.25, 0.3) is 0 Å². The van der Waals surface area contributed by atoms with Crippen molar-refractivity contribution >= 4 is 23.3 Å². The molecule has 0 unspecified atom stereocenters. The van der Waals surface area contributed by atoms with E-state index in [9.17, 15) is 4.79 Å². The molecule has 0 saturated carbocycles. The molecule has 0 aromatic heterocycles. The van der Waals surface area contributed by atoms with Crippen LogP contribution in [0.1, 0.15) is 16.8 Å². The zero-order chi connectivity index (χ0) is 12.0. The highest BCUT2D eigenvalue weighted by Crippen LogP contribution is 2.23. The van der Waals surface area contributed by atoms with Crippen LogP contribution in [0.4, 0.5) is 5.69 Å². The summed E-state index contributed by atoms with van der Waals surface area (Å²) in [5.74, 6) is -0.401. The number of hydrogen-bond donors (Lipinski definition) is 2. The molecule has 1 aromatic rings. The molecule has 0 heterocycles. The van der Waals surface area contributed by atoms with Crippen LogP contribution in [0.3, 0.4) is 0 Å². The highest BCUT2D eigenvalue weighted by atomic mass is 35.5. The van der Waals surface area contributed by atoms with E-state index in [-0.39, 0.29) is 6.61 Å². The number of benzene rings is 1. The van der Waals surface area contributed by atoms with Crippen LogP contribution < -0.4 is 5.32 Å². The van der Waals surface area contributed by atoms with E-state index in [0.29, 0.717) is 29.2 Å². The van der Waals surface area contributed by atoms with Crippen molar-refractivity contribution in [2.24, 2.45) is 0 Å². The predicted octanol–water partition coefficient (Wildman–Crippen LogP) is 1.92. The quantitative estimate of drug-likeness (QED) is 0.613. The summed E-state index contributed by atoms with van der Waals surface area (Å²) in [4.78, 5) is 11.3. The smallest absolute Gasteiger partial charge is 0.337 e. The molecule has 0 aliphatic rings. The summed E-state index contributed by atoms with van der Waals surface area (Å²) in [5.41, 5.74) is 1.11. The molecular weight excluding hydrogens is 230 g/mol. The molecule has 0 saturated heterocycles. The summed E-state index contributed by atoms with van der Waals surface area (Å²) >= 11 is 5.95. The second-order valence-electron chi connectivity index (χ2n) is 3.19. The van der Waals surface area contributed by atoms with Crippen LogP contribution in [-0.4, -0.2) is 31.3 Å². The molecule has 0 fully saturated rings. The number of ether oxygens (including phenoxy) is 1. The summed E-state index contributed by atoms with van der Waals surface area (Å²) in [6, 6.07) is 4.87. The predicted molar refractivity (Wildman–Crippen MR) is 63.0 cm³/mol. The number of aliphatic hydroxyl groups excluding tert-OH is 1. The maximum absolute atomic E-state index is 11.3. The average molecular weight is 244 g/mol. The highest BCUT2D eigenvalue weighted by molar-refractivity contribution is 6.33. The fraction of sp³-hybridized carbons (Fsp3) is 0.364. The van der Waals surface area contributed by atoms with Gasteiger partial charge in [-0.1, -0.05) is 11.6 Å². The molecule has 5 heteroatoms. The lowest BCUT2D eigenvalue weighted by atomic mass is 10.2. The Balaban J connectivity index is 2.78. The van der Waals surface area contributed by atoms with Crippen molar-refractivity contribution in [1.82, 2.24) is 0 Å². The minimum Gasteiger partial charge on any atom is -0.465 e. The van der Waals surface area contributed by atoms with E-state index in [1.165, 1.54) is 7.11 Å². The maximum Gasteiger partial charge on any atom is 0.337 e. The largest absolute Gasteiger partial charge is 0.465 e. The van der Waals surface area contributed by atoms with Gasteiger partial charge in [0, 0.05) is 13.2 Å². The average Bonchev–Trinajstić information content (AvgIpc) is 2.31. The molecular formula is C11H14ClNO3.